The summed E-state index contributed by atoms with van der Waals surface area (Å²) in [6.07, 6.45) is 9.38. The van der Waals surface area contributed by atoms with Crippen LogP contribution in [0, 0.1) is 5.92 Å². The monoisotopic (exact) mass is 330 g/mol. The fourth-order valence-corrected chi connectivity index (χ4v) is 3.33. The third-order valence-electron chi connectivity index (χ3n) is 4.87. The highest BCUT2D eigenvalue weighted by atomic mass is 16.3. The van der Waals surface area contributed by atoms with Gasteiger partial charge in [-0.15, -0.1) is 5.10 Å². The summed E-state index contributed by atoms with van der Waals surface area (Å²) in [5.74, 6) is 0.431. The second kappa shape index (κ2) is 6.01. The lowest BCUT2D eigenvalue weighted by Crippen LogP contribution is -2.42. The van der Waals surface area contributed by atoms with Gasteiger partial charge in [0.15, 0.2) is 0 Å². The SMILES string of the molecule is Cn1cc(N2CCCC(n3cc(CC(O)C4CC4)nn3)C2=O)cn1. The van der Waals surface area contributed by atoms with Crippen LogP contribution in [-0.4, -0.2) is 48.4 Å². The topological polar surface area (TPSA) is 89.1 Å². The van der Waals surface area contributed by atoms with Gasteiger partial charge in [-0.25, -0.2) is 4.68 Å². The van der Waals surface area contributed by atoms with E-state index >= 15 is 0 Å². The largest absolute Gasteiger partial charge is 0.392 e. The maximum atomic E-state index is 12.8. The van der Waals surface area contributed by atoms with Crippen molar-refractivity contribution in [3.8, 4) is 0 Å². The number of aliphatic hydroxyl groups is 1. The predicted molar refractivity (Wildman–Crippen MR) is 86.3 cm³/mol. The van der Waals surface area contributed by atoms with Gasteiger partial charge in [-0.2, -0.15) is 5.10 Å². The highest BCUT2D eigenvalue weighted by Crippen LogP contribution is 2.34. The second-order valence-corrected chi connectivity index (χ2v) is 6.82. The predicted octanol–water partition coefficient (Wildman–Crippen LogP) is 0.693. The Balaban J connectivity index is 1.48. The van der Waals surface area contributed by atoms with Crippen molar-refractivity contribution in [3.05, 3.63) is 24.3 Å². The van der Waals surface area contributed by atoms with Crippen molar-refractivity contribution in [3.63, 3.8) is 0 Å². The van der Waals surface area contributed by atoms with Crippen LogP contribution < -0.4 is 4.90 Å². The summed E-state index contributed by atoms with van der Waals surface area (Å²) in [5.41, 5.74) is 1.57. The van der Waals surface area contributed by atoms with E-state index in [0.29, 0.717) is 18.9 Å². The molecule has 0 spiro atoms. The van der Waals surface area contributed by atoms with Crippen molar-refractivity contribution in [2.75, 3.05) is 11.4 Å². The van der Waals surface area contributed by atoms with Crippen molar-refractivity contribution in [1.82, 2.24) is 24.8 Å². The third kappa shape index (κ3) is 2.93. The van der Waals surface area contributed by atoms with Gasteiger partial charge in [0.1, 0.15) is 6.04 Å². The normalized spacial score (nSPS) is 22.8. The number of aromatic nitrogens is 5. The summed E-state index contributed by atoms with van der Waals surface area (Å²) >= 11 is 0. The maximum absolute atomic E-state index is 12.8. The molecule has 1 aliphatic heterocycles. The van der Waals surface area contributed by atoms with Gasteiger partial charge in [0.05, 0.1) is 23.7 Å². The molecule has 2 aromatic heterocycles. The number of anilines is 1. The molecule has 1 N–H and O–H groups in total. The zero-order valence-corrected chi connectivity index (χ0v) is 13.7. The molecule has 4 rings (SSSR count). The van der Waals surface area contributed by atoms with Crippen LogP contribution in [0.3, 0.4) is 0 Å². The van der Waals surface area contributed by atoms with E-state index < -0.39 is 0 Å². The van der Waals surface area contributed by atoms with Crippen LogP contribution in [0.1, 0.15) is 37.4 Å². The Morgan fingerprint density at radius 3 is 2.88 bits per heavy atom. The van der Waals surface area contributed by atoms with E-state index in [4.69, 9.17) is 0 Å². The molecule has 0 radical (unpaired) electrons. The molecule has 2 fully saturated rings. The van der Waals surface area contributed by atoms with Gasteiger partial charge in [0.25, 0.3) is 5.91 Å². The number of aryl methyl sites for hydroxylation is 1. The molecule has 2 atom stereocenters. The Morgan fingerprint density at radius 1 is 1.33 bits per heavy atom. The van der Waals surface area contributed by atoms with Crippen molar-refractivity contribution < 1.29 is 9.90 Å². The van der Waals surface area contributed by atoms with Gasteiger partial charge >= 0.3 is 0 Å². The summed E-state index contributed by atoms with van der Waals surface area (Å²) in [4.78, 5) is 14.6. The molecule has 24 heavy (non-hydrogen) atoms. The van der Waals surface area contributed by atoms with Crippen molar-refractivity contribution in [2.45, 2.75) is 44.2 Å². The van der Waals surface area contributed by atoms with Crippen LogP contribution in [-0.2, 0) is 18.3 Å². The lowest BCUT2D eigenvalue weighted by Gasteiger charge is -2.31. The Kier molecular flexibility index (Phi) is 3.84. The molecule has 128 valence electrons. The van der Waals surface area contributed by atoms with Gasteiger partial charge in [-0.1, -0.05) is 5.21 Å². The molecule has 0 bridgehead atoms. The Labute approximate surface area is 140 Å². The molecule has 8 heteroatoms. The minimum absolute atomic E-state index is 0.0217. The maximum Gasteiger partial charge on any atom is 0.251 e. The minimum atomic E-state index is -0.343. The summed E-state index contributed by atoms with van der Waals surface area (Å²) < 4.78 is 3.35. The lowest BCUT2D eigenvalue weighted by molar-refractivity contribution is -0.123. The Morgan fingerprint density at radius 2 is 2.17 bits per heavy atom. The number of hydrogen-bond donors (Lipinski definition) is 1. The summed E-state index contributed by atoms with van der Waals surface area (Å²) in [6.45, 7) is 0.697. The van der Waals surface area contributed by atoms with Crippen molar-refractivity contribution >= 4 is 11.6 Å². The van der Waals surface area contributed by atoms with Gasteiger partial charge < -0.3 is 10.0 Å². The number of carbonyl (C=O) groups excluding carboxylic acids is 1. The van der Waals surface area contributed by atoms with Crippen LogP contribution in [0.4, 0.5) is 5.69 Å². The zero-order chi connectivity index (χ0) is 16.7. The number of hydrogen-bond acceptors (Lipinski definition) is 5. The lowest BCUT2D eigenvalue weighted by atomic mass is 10.0. The van der Waals surface area contributed by atoms with Crippen LogP contribution in [0.15, 0.2) is 18.6 Å². The highest BCUT2D eigenvalue weighted by molar-refractivity contribution is 5.96. The molecule has 2 unspecified atom stereocenters. The second-order valence-electron chi connectivity index (χ2n) is 6.82. The fraction of sp³-hybridized carbons (Fsp3) is 0.625. The van der Waals surface area contributed by atoms with E-state index in [1.54, 1.807) is 26.7 Å². The first-order chi connectivity index (χ1) is 11.6. The zero-order valence-electron chi connectivity index (χ0n) is 13.7. The van der Waals surface area contributed by atoms with Crippen molar-refractivity contribution in [1.29, 1.82) is 0 Å². The molecule has 1 saturated heterocycles. The number of aliphatic hydroxyl groups excluding tert-OH is 1. The molecule has 1 saturated carbocycles. The molecule has 1 amide bonds. The van der Waals surface area contributed by atoms with E-state index in [0.717, 1.165) is 37.1 Å². The highest BCUT2D eigenvalue weighted by Gasteiger charge is 2.33. The van der Waals surface area contributed by atoms with E-state index in [1.807, 2.05) is 13.2 Å². The molecule has 3 heterocycles. The Bertz CT molecular complexity index is 735. The molecule has 8 nitrogen and oxygen atoms in total. The van der Waals surface area contributed by atoms with Crippen molar-refractivity contribution in [2.24, 2.45) is 13.0 Å². The quantitative estimate of drug-likeness (QED) is 0.871. The Hall–Kier alpha value is -2.22. The number of rotatable bonds is 5. The van der Waals surface area contributed by atoms with Gasteiger partial charge in [-0.3, -0.25) is 9.48 Å². The molecule has 0 aromatic carbocycles. The summed E-state index contributed by atoms with van der Waals surface area (Å²) in [6, 6.07) is -0.335. The molecular weight excluding hydrogens is 308 g/mol. The first kappa shape index (κ1) is 15.3. The van der Waals surface area contributed by atoms with Crippen LogP contribution in [0.2, 0.25) is 0 Å². The minimum Gasteiger partial charge on any atom is -0.392 e. The smallest absolute Gasteiger partial charge is 0.251 e. The standard InChI is InChI=1S/C16H22N6O2/c1-20-10-13(8-17-20)21-6-2-3-14(16(21)24)22-9-12(18-19-22)7-15(23)11-4-5-11/h8-11,14-15,23H,2-7H2,1H3. The molecule has 2 aromatic rings. The average molecular weight is 330 g/mol. The molecule has 1 aliphatic carbocycles. The van der Waals surface area contributed by atoms with Gasteiger partial charge in [0, 0.05) is 32.4 Å². The summed E-state index contributed by atoms with van der Waals surface area (Å²) in [7, 11) is 1.84. The van der Waals surface area contributed by atoms with E-state index in [1.165, 1.54) is 0 Å². The number of carbonyl (C=O) groups is 1. The van der Waals surface area contributed by atoms with Crippen LogP contribution in [0.5, 0.6) is 0 Å². The van der Waals surface area contributed by atoms with Gasteiger partial charge in [0.2, 0.25) is 0 Å². The average Bonchev–Trinajstić information content (AvgIpc) is 3.19. The number of nitrogens with zero attached hydrogens (tertiary/aromatic N) is 6. The number of amides is 1. The molecule has 2 aliphatic rings. The number of piperidine rings is 1. The third-order valence-corrected chi connectivity index (χ3v) is 4.87. The van der Waals surface area contributed by atoms with Crippen LogP contribution in [0.25, 0.3) is 0 Å². The first-order valence-corrected chi connectivity index (χ1v) is 8.50. The van der Waals surface area contributed by atoms with Crippen LogP contribution >= 0.6 is 0 Å². The van der Waals surface area contributed by atoms with E-state index in [-0.39, 0.29) is 18.1 Å². The van der Waals surface area contributed by atoms with E-state index in [2.05, 4.69) is 15.4 Å². The molecular formula is C16H22N6O2. The fourth-order valence-electron chi connectivity index (χ4n) is 3.33. The summed E-state index contributed by atoms with van der Waals surface area (Å²) in [5, 5.41) is 22.5. The first-order valence-electron chi connectivity index (χ1n) is 8.50. The van der Waals surface area contributed by atoms with E-state index in [9.17, 15) is 9.90 Å². The van der Waals surface area contributed by atoms with Gasteiger partial charge in [-0.05, 0) is 31.6 Å².